The minimum Gasteiger partial charge on any atom is -0.493 e. The number of terminal acetylenes is 1. The summed E-state index contributed by atoms with van der Waals surface area (Å²) >= 11 is 0. The first-order valence-electron chi connectivity index (χ1n) is 6.91. The summed E-state index contributed by atoms with van der Waals surface area (Å²) in [5, 5.41) is 2.81. The van der Waals surface area contributed by atoms with Crippen LogP contribution in [-0.4, -0.2) is 51.7 Å². The minimum absolute atomic E-state index is 0.131. The van der Waals surface area contributed by atoms with Crippen molar-refractivity contribution in [3.63, 3.8) is 0 Å². The molecule has 0 saturated carbocycles. The molecule has 118 valence electrons. The molecule has 0 aromatic heterocycles. The Bertz CT molecular complexity index is 560. The number of hydrogen-bond acceptors (Lipinski definition) is 4. The van der Waals surface area contributed by atoms with Crippen LogP contribution in [0.3, 0.4) is 0 Å². The first kappa shape index (κ1) is 17.6. The van der Waals surface area contributed by atoms with Crippen molar-refractivity contribution >= 4 is 12.0 Å². The second-order valence-electron chi connectivity index (χ2n) is 4.83. The maximum Gasteiger partial charge on any atom is 0.244 e. The highest BCUT2D eigenvalue weighted by atomic mass is 16.5. The van der Waals surface area contributed by atoms with Gasteiger partial charge in [-0.15, -0.1) is 6.42 Å². The molecule has 0 saturated heterocycles. The summed E-state index contributed by atoms with van der Waals surface area (Å²) in [5.41, 5.74) is 0.840. The lowest BCUT2D eigenvalue weighted by molar-refractivity contribution is -0.116. The summed E-state index contributed by atoms with van der Waals surface area (Å²) < 4.78 is 10.6. The number of nitrogens with zero attached hydrogens (tertiary/aromatic N) is 1. The van der Waals surface area contributed by atoms with E-state index in [1.165, 1.54) is 6.08 Å². The SMILES string of the molecule is C#CCOc1ccc(/C=C/C(=O)NCCN(C)C)cc1OC. The molecule has 0 heterocycles. The first-order valence-corrected chi connectivity index (χ1v) is 6.91. The fourth-order valence-corrected chi connectivity index (χ4v) is 1.66. The fraction of sp³-hybridized carbons (Fsp3) is 0.353. The van der Waals surface area contributed by atoms with Gasteiger partial charge >= 0.3 is 0 Å². The Morgan fingerprint density at radius 2 is 2.18 bits per heavy atom. The zero-order chi connectivity index (χ0) is 16.4. The molecule has 0 aliphatic rings. The van der Waals surface area contributed by atoms with Gasteiger partial charge in [-0.05, 0) is 37.9 Å². The van der Waals surface area contributed by atoms with E-state index < -0.39 is 0 Å². The lowest BCUT2D eigenvalue weighted by Gasteiger charge is -2.09. The third-order valence-corrected chi connectivity index (χ3v) is 2.78. The van der Waals surface area contributed by atoms with Crippen LogP contribution >= 0.6 is 0 Å². The highest BCUT2D eigenvalue weighted by Crippen LogP contribution is 2.28. The first-order chi connectivity index (χ1) is 10.6. The number of benzene rings is 1. The molecule has 0 spiro atoms. The molecular formula is C17H22N2O3. The number of ether oxygens (including phenoxy) is 2. The molecule has 5 nitrogen and oxygen atoms in total. The van der Waals surface area contributed by atoms with Crippen molar-refractivity contribution in [1.29, 1.82) is 0 Å². The predicted octanol–water partition coefficient (Wildman–Crippen LogP) is 1.40. The van der Waals surface area contributed by atoms with Crippen molar-refractivity contribution in [1.82, 2.24) is 10.2 Å². The molecule has 1 rings (SSSR count). The van der Waals surface area contributed by atoms with Crippen molar-refractivity contribution in [3.8, 4) is 23.8 Å². The molecule has 0 fully saturated rings. The molecule has 0 radical (unpaired) electrons. The topological polar surface area (TPSA) is 50.8 Å². The smallest absolute Gasteiger partial charge is 0.244 e. The van der Waals surface area contributed by atoms with Gasteiger partial charge < -0.3 is 19.7 Å². The van der Waals surface area contributed by atoms with Crippen LogP contribution in [-0.2, 0) is 4.79 Å². The van der Waals surface area contributed by atoms with Gasteiger partial charge in [-0.1, -0.05) is 12.0 Å². The van der Waals surface area contributed by atoms with Gasteiger partial charge in [-0.25, -0.2) is 0 Å². The molecule has 1 aromatic rings. The number of carbonyl (C=O) groups is 1. The van der Waals surface area contributed by atoms with Gasteiger partial charge in [0, 0.05) is 19.2 Å². The van der Waals surface area contributed by atoms with Crippen LogP contribution in [0.2, 0.25) is 0 Å². The minimum atomic E-state index is -0.131. The van der Waals surface area contributed by atoms with Crippen molar-refractivity contribution in [2.75, 3.05) is 40.9 Å². The van der Waals surface area contributed by atoms with Crippen molar-refractivity contribution in [2.24, 2.45) is 0 Å². The molecular weight excluding hydrogens is 280 g/mol. The van der Waals surface area contributed by atoms with E-state index in [1.807, 2.05) is 25.1 Å². The zero-order valence-electron chi connectivity index (χ0n) is 13.3. The maximum atomic E-state index is 11.7. The molecule has 0 aliphatic heterocycles. The number of hydrogen-bond donors (Lipinski definition) is 1. The van der Waals surface area contributed by atoms with Crippen LogP contribution in [0.25, 0.3) is 6.08 Å². The van der Waals surface area contributed by atoms with E-state index in [2.05, 4.69) is 11.2 Å². The summed E-state index contributed by atoms with van der Waals surface area (Å²) in [6.45, 7) is 1.59. The molecule has 5 heteroatoms. The van der Waals surface area contributed by atoms with E-state index in [-0.39, 0.29) is 12.5 Å². The lowest BCUT2D eigenvalue weighted by Crippen LogP contribution is -2.30. The molecule has 1 amide bonds. The standard InChI is InChI=1S/C17H22N2O3/c1-5-12-22-15-8-6-14(13-16(15)21-4)7-9-17(20)18-10-11-19(2)3/h1,6-9,13H,10-12H2,2-4H3,(H,18,20)/b9-7+. The molecule has 1 aromatic carbocycles. The monoisotopic (exact) mass is 302 g/mol. The average molecular weight is 302 g/mol. The van der Waals surface area contributed by atoms with E-state index in [1.54, 1.807) is 25.3 Å². The Morgan fingerprint density at radius 3 is 2.82 bits per heavy atom. The van der Waals surface area contributed by atoms with Crippen LogP contribution in [0.1, 0.15) is 5.56 Å². The number of rotatable bonds is 8. The van der Waals surface area contributed by atoms with Crippen molar-refractivity contribution in [2.45, 2.75) is 0 Å². The van der Waals surface area contributed by atoms with Gasteiger partial charge in [-0.2, -0.15) is 0 Å². The van der Waals surface area contributed by atoms with Crippen LogP contribution in [0.4, 0.5) is 0 Å². The summed E-state index contributed by atoms with van der Waals surface area (Å²) in [7, 11) is 5.47. The van der Waals surface area contributed by atoms with Gasteiger partial charge in [0.15, 0.2) is 11.5 Å². The summed E-state index contributed by atoms with van der Waals surface area (Å²) in [5.74, 6) is 3.42. The van der Waals surface area contributed by atoms with Crippen LogP contribution < -0.4 is 14.8 Å². The van der Waals surface area contributed by atoms with Gasteiger partial charge in [0.05, 0.1) is 7.11 Å². The number of likely N-dealkylation sites (N-methyl/N-ethyl adjacent to an activating group) is 1. The average Bonchev–Trinajstić information content (AvgIpc) is 2.50. The third kappa shape index (κ3) is 6.33. The molecule has 0 unspecified atom stereocenters. The summed E-state index contributed by atoms with van der Waals surface area (Å²) in [4.78, 5) is 13.7. The second kappa shape index (κ2) is 9.48. The molecule has 0 aliphatic carbocycles. The highest BCUT2D eigenvalue weighted by molar-refractivity contribution is 5.91. The summed E-state index contributed by atoms with van der Waals surface area (Å²) in [6.07, 6.45) is 8.38. The number of nitrogens with one attached hydrogen (secondary N) is 1. The van der Waals surface area contributed by atoms with E-state index in [4.69, 9.17) is 15.9 Å². The van der Waals surface area contributed by atoms with E-state index in [0.29, 0.717) is 18.0 Å². The maximum absolute atomic E-state index is 11.7. The molecule has 22 heavy (non-hydrogen) atoms. The molecule has 0 bridgehead atoms. The molecule has 0 atom stereocenters. The third-order valence-electron chi connectivity index (χ3n) is 2.78. The highest BCUT2D eigenvalue weighted by Gasteiger charge is 2.04. The van der Waals surface area contributed by atoms with Crippen molar-refractivity contribution < 1.29 is 14.3 Å². The number of carbonyl (C=O) groups excluding carboxylic acids is 1. The normalized spacial score (nSPS) is 10.5. The van der Waals surface area contributed by atoms with Gasteiger partial charge in [0.25, 0.3) is 0 Å². The van der Waals surface area contributed by atoms with Crippen LogP contribution in [0.5, 0.6) is 11.5 Å². The quantitative estimate of drug-likeness (QED) is 0.582. The zero-order valence-corrected chi connectivity index (χ0v) is 13.3. The van der Waals surface area contributed by atoms with E-state index in [9.17, 15) is 4.79 Å². The predicted molar refractivity (Wildman–Crippen MR) is 87.9 cm³/mol. The molecule has 1 N–H and O–H groups in total. The second-order valence-corrected chi connectivity index (χ2v) is 4.83. The Kier molecular flexibility index (Phi) is 7.58. The van der Waals surface area contributed by atoms with Gasteiger partial charge in [-0.3, -0.25) is 4.79 Å². The Hall–Kier alpha value is -2.45. The fourth-order valence-electron chi connectivity index (χ4n) is 1.66. The number of methoxy groups -OCH3 is 1. The Labute approximate surface area is 131 Å². The van der Waals surface area contributed by atoms with E-state index in [0.717, 1.165) is 12.1 Å². The lowest BCUT2D eigenvalue weighted by atomic mass is 10.2. The van der Waals surface area contributed by atoms with Gasteiger partial charge in [0.1, 0.15) is 6.61 Å². The largest absolute Gasteiger partial charge is 0.493 e. The van der Waals surface area contributed by atoms with E-state index >= 15 is 0 Å². The number of amides is 1. The van der Waals surface area contributed by atoms with Crippen LogP contribution in [0, 0.1) is 12.3 Å². The van der Waals surface area contributed by atoms with Crippen LogP contribution in [0.15, 0.2) is 24.3 Å². The Morgan fingerprint density at radius 1 is 1.41 bits per heavy atom. The van der Waals surface area contributed by atoms with Crippen molar-refractivity contribution in [3.05, 3.63) is 29.8 Å². The van der Waals surface area contributed by atoms with Gasteiger partial charge in [0.2, 0.25) is 5.91 Å². The summed E-state index contributed by atoms with van der Waals surface area (Å²) in [6, 6.07) is 5.38. The Balaban J connectivity index is 2.63.